The first-order valence-electron chi connectivity index (χ1n) is 9.89. The van der Waals surface area contributed by atoms with Gasteiger partial charge in [0.05, 0.1) is 6.61 Å². The molecule has 2 fully saturated rings. The fourth-order valence-corrected chi connectivity index (χ4v) is 8.49. The standard InChI is InChI=1S/C23H32OS/c1-16(2)18-10-11-19-21(18,3)14-23(15-24)20(12-13-22(19,23)4)25-17-8-6-5-7-9-17/h5-9,12-13,16,18-20,24H,10-11,14-15H2,1-4H3/t18-,19+,20+,21-,22-,23+/m1/s1. The van der Waals surface area contributed by atoms with E-state index in [1.165, 1.54) is 17.7 Å². The summed E-state index contributed by atoms with van der Waals surface area (Å²) in [6, 6.07) is 10.7. The number of allylic oxidation sites excluding steroid dienone is 1. The van der Waals surface area contributed by atoms with Crippen LogP contribution in [-0.4, -0.2) is 17.0 Å². The predicted octanol–water partition coefficient (Wildman–Crippen LogP) is 5.79. The molecule has 4 rings (SSSR count). The molecule has 2 saturated carbocycles. The van der Waals surface area contributed by atoms with E-state index in [4.69, 9.17) is 0 Å². The number of aliphatic hydroxyl groups excluding tert-OH is 1. The van der Waals surface area contributed by atoms with Gasteiger partial charge in [0.15, 0.2) is 0 Å². The summed E-state index contributed by atoms with van der Waals surface area (Å²) in [4.78, 5) is 1.32. The lowest BCUT2D eigenvalue weighted by molar-refractivity contribution is 0.0471. The predicted molar refractivity (Wildman–Crippen MR) is 107 cm³/mol. The van der Waals surface area contributed by atoms with Crippen LogP contribution >= 0.6 is 11.8 Å². The Morgan fingerprint density at radius 3 is 2.52 bits per heavy atom. The van der Waals surface area contributed by atoms with E-state index in [2.05, 4.69) is 70.2 Å². The Labute approximate surface area is 157 Å². The number of aliphatic hydroxyl groups is 1. The lowest BCUT2D eigenvalue weighted by atomic mass is 9.65. The van der Waals surface area contributed by atoms with Crippen molar-refractivity contribution in [2.75, 3.05) is 6.61 Å². The third-order valence-corrected chi connectivity index (χ3v) is 9.56. The highest BCUT2D eigenvalue weighted by Gasteiger charge is 2.71. The Balaban J connectivity index is 1.71. The molecule has 2 heteroatoms. The number of hydrogen-bond acceptors (Lipinski definition) is 2. The molecule has 0 amide bonds. The van der Waals surface area contributed by atoms with Crippen LogP contribution in [-0.2, 0) is 0 Å². The molecule has 6 atom stereocenters. The summed E-state index contributed by atoms with van der Waals surface area (Å²) in [5.41, 5.74) is 0.485. The first-order chi connectivity index (χ1) is 11.9. The van der Waals surface area contributed by atoms with Crippen LogP contribution in [0.1, 0.15) is 47.0 Å². The molecule has 136 valence electrons. The van der Waals surface area contributed by atoms with Crippen LogP contribution in [0.25, 0.3) is 0 Å². The molecule has 1 aromatic carbocycles. The first kappa shape index (κ1) is 17.7. The van der Waals surface area contributed by atoms with Crippen LogP contribution in [0.15, 0.2) is 47.4 Å². The van der Waals surface area contributed by atoms with Gasteiger partial charge in [0.25, 0.3) is 0 Å². The van der Waals surface area contributed by atoms with Gasteiger partial charge in [-0.15, -0.1) is 11.8 Å². The number of rotatable bonds is 4. The number of hydrogen-bond donors (Lipinski definition) is 1. The molecule has 0 heterocycles. The Bertz CT molecular complexity index is 668. The summed E-state index contributed by atoms with van der Waals surface area (Å²) >= 11 is 1.95. The Morgan fingerprint density at radius 2 is 1.88 bits per heavy atom. The summed E-state index contributed by atoms with van der Waals surface area (Å²) in [5, 5.41) is 11.1. The second-order valence-electron chi connectivity index (χ2n) is 9.47. The van der Waals surface area contributed by atoms with Crippen molar-refractivity contribution in [3.05, 3.63) is 42.5 Å². The summed E-state index contributed by atoms with van der Waals surface area (Å²) in [6.07, 6.45) is 8.75. The molecule has 0 saturated heterocycles. The van der Waals surface area contributed by atoms with Crippen LogP contribution in [0.3, 0.4) is 0 Å². The van der Waals surface area contributed by atoms with Crippen molar-refractivity contribution < 1.29 is 5.11 Å². The molecule has 1 N–H and O–H groups in total. The third-order valence-electron chi connectivity index (χ3n) is 8.16. The van der Waals surface area contributed by atoms with Crippen molar-refractivity contribution >= 4 is 11.8 Å². The molecule has 0 aliphatic heterocycles. The van der Waals surface area contributed by atoms with Crippen molar-refractivity contribution in [1.29, 1.82) is 0 Å². The van der Waals surface area contributed by atoms with Crippen molar-refractivity contribution in [1.82, 2.24) is 0 Å². The van der Waals surface area contributed by atoms with Gasteiger partial charge in [-0.2, -0.15) is 0 Å². The molecule has 0 spiro atoms. The van der Waals surface area contributed by atoms with Gasteiger partial charge in [0.2, 0.25) is 0 Å². The van der Waals surface area contributed by atoms with Crippen LogP contribution < -0.4 is 0 Å². The molecular weight excluding hydrogens is 324 g/mol. The van der Waals surface area contributed by atoms with E-state index < -0.39 is 0 Å². The Hall–Kier alpha value is -0.730. The van der Waals surface area contributed by atoms with E-state index in [0.717, 1.165) is 18.3 Å². The van der Waals surface area contributed by atoms with Gasteiger partial charge in [-0.1, -0.05) is 58.0 Å². The molecule has 0 aromatic heterocycles. The average molecular weight is 357 g/mol. The van der Waals surface area contributed by atoms with Gasteiger partial charge in [0, 0.05) is 15.6 Å². The van der Waals surface area contributed by atoms with Crippen LogP contribution in [0, 0.1) is 34.0 Å². The Morgan fingerprint density at radius 1 is 1.16 bits per heavy atom. The summed E-state index contributed by atoms with van der Waals surface area (Å²) < 4.78 is 0. The van der Waals surface area contributed by atoms with Gasteiger partial charge >= 0.3 is 0 Å². The van der Waals surface area contributed by atoms with Crippen LogP contribution in [0.5, 0.6) is 0 Å². The van der Waals surface area contributed by atoms with Crippen molar-refractivity contribution in [3.8, 4) is 0 Å². The highest BCUT2D eigenvalue weighted by atomic mass is 32.2. The summed E-state index contributed by atoms with van der Waals surface area (Å²) in [6.45, 7) is 10.1. The van der Waals surface area contributed by atoms with Crippen molar-refractivity contribution in [2.24, 2.45) is 34.0 Å². The van der Waals surface area contributed by atoms with Gasteiger partial charge in [0.1, 0.15) is 0 Å². The molecule has 1 aromatic rings. The highest BCUT2D eigenvalue weighted by molar-refractivity contribution is 8.00. The van der Waals surface area contributed by atoms with Crippen LogP contribution in [0.2, 0.25) is 0 Å². The molecule has 1 nitrogen and oxygen atoms in total. The largest absolute Gasteiger partial charge is 0.396 e. The zero-order valence-corrected chi connectivity index (χ0v) is 16.9. The Kier molecular flexibility index (Phi) is 4.16. The molecule has 25 heavy (non-hydrogen) atoms. The van der Waals surface area contributed by atoms with E-state index >= 15 is 0 Å². The fraction of sp³-hybridized carbons (Fsp3) is 0.652. The van der Waals surface area contributed by atoms with E-state index in [1.54, 1.807) is 0 Å². The molecular formula is C23H32OS. The molecule has 0 unspecified atom stereocenters. The molecule has 3 aliphatic rings. The first-order valence-corrected chi connectivity index (χ1v) is 10.8. The lowest BCUT2D eigenvalue weighted by Gasteiger charge is -2.43. The zero-order chi connectivity index (χ0) is 17.9. The summed E-state index contributed by atoms with van der Waals surface area (Å²) in [5.74, 6) is 2.23. The third kappa shape index (κ3) is 2.26. The van der Waals surface area contributed by atoms with Gasteiger partial charge in [-0.25, -0.2) is 0 Å². The maximum absolute atomic E-state index is 10.7. The van der Waals surface area contributed by atoms with Gasteiger partial charge in [-0.3, -0.25) is 0 Å². The molecule has 0 bridgehead atoms. The van der Waals surface area contributed by atoms with E-state index in [0.29, 0.717) is 23.2 Å². The summed E-state index contributed by atoms with van der Waals surface area (Å²) in [7, 11) is 0. The van der Waals surface area contributed by atoms with E-state index in [9.17, 15) is 5.11 Å². The van der Waals surface area contributed by atoms with Gasteiger partial charge < -0.3 is 5.11 Å². The monoisotopic (exact) mass is 356 g/mol. The lowest BCUT2D eigenvalue weighted by Crippen LogP contribution is -2.43. The highest BCUT2D eigenvalue weighted by Crippen LogP contribution is 2.76. The molecule has 0 radical (unpaired) electrons. The smallest absolute Gasteiger partial charge is 0.0509 e. The normalized spacial score (nSPS) is 45.1. The minimum Gasteiger partial charge on any atom is -0.396 e. The number of thioether (sulfide) groups is 1. The van der Waals surface area contributed by atoms with E-state index in [-0.39, 0.29) is 10.8 Å². The maximum Gasteiger partial charge on any atom is 0.0509 e. The van der Waals surface area contributed by atoms with E-state index in [1.807, 2.05) is 11.8 Å². The van der Waals surface area contributed by atoms with Crippen LogP contribution in [0.4, 0.5) is 0 Å². The quantitative estimate of drug-likeness (QED) is 0.689. The number of benzene rings is 1. The average Bonchev–Trinajstić information content (AvgIpc) is 3.12. The van der Waals surface area contributed by atoms with Gasteiger partial charge in [-0.05, 0) is 60.0 Å². The van der Waals surface area contributed by atoms with Crippen molar-refractivity contribution in [2.45, 2.75) is 57.1 Å². The SMILES string of the molecule is CC(C)[C@H]1CC[C@H]2[C@]1(C)C[C@]1(CO)[C@@H](Sc3ccccc3)C=C[C@]21C. The second kappa shape index (κ2) is 5.89. The minimum atomic E-state index is -0.0134. The molecule has 3 aliphatic carbocycles. The second-order valence-corrected chi connectivity index (χ2v) is 10.7. The van der Waals surface area contributed by atoms with Crippen molar-refractivity contribution in [3.63, 3.8) is 0 Å². The maximum atomic E-state index is 10.7. The minimum absolute atomic E-state index is 0.0134. The topological polar surface area (TPSA) is 20.2 Å². The fourth-order valence-electron chi connectivity index (χ4n) is 7.09. The zero-order valence-electron chi connectivity index (χ0n) is 16.0. The number of fused-ring (bicyclic) bond motifs is 3.